The van der Waals surface area contributed by atoms with E-state index in [2.05, 4.69) is 20.8 Å². The molecule has 0 amide bonds. The molecular formula is C8H20F6NOP. The number of halogens is 6. The van der Waals surface area contributed by atoms with Gasteiger partial charge in [-0.1, -0.05) is 6.92 Å². The molecule has 0 saturated heterocycles. The second-order valence-electron chi connectivity index (χ2n) is 3.56. The molecule has 9 heteroatoms. The van der Waals surface area contributed by atoms with Gasteiger partial charge in [0.05, 0.1) is 7.11 Å². The van der Waals surface area contributed by atoms with Crippen LogP contribution in [-0.4, -0.2) is 31.4 Å². The first-order valence-electron chi connectivity index (χ1n) is 5.18. The molecule has 0 rings (SSSR count). The van der Waals surface area contributed by atoms with Crippen molar-refractivity contribution in [1.29, 1.82) is 0 Å². The zero-order valence-corrected chi connectivity index (χ0v) is 11.3. The molecule has 0 atom stereocenters. The van der Waals surface area contributed by atoms with E-state index in [9.17, 15) is 25.2 Å². The van der Waals surface area contributed by atoms with Gasteiger partial charge in [0.1, 0.15) is 19.6 Å². The predicted octanol–water partition coefficient (Wildman–Crippen LogP) is 5.20. The van der Waals surface area contributed by atoms with Gasteiger partial charge in [-0.05, 0) is 20.3 Å². The van der Waals surface area contributed by atoms with E-state index in [0.717, 1.165) is 24.3 Å². The molecule has 0 N–H and O–H groups in total. The fraction of sp³-hybridized carbons (Fsp3) is 1.00. The van der Waals surface area contributed by atoms with Gasteiger partial charge in [0.15, 0.2) is 0 Å². The number of rotatable bonds is 5. The van der Waals surface area contributed by atoms with Gasteiger partial charge in [0.25, 0.3) is 0 Å². The maximum atomic E-state index is 9.87. The van der Waals surface area contributed by atoms with Crippen LogP contribution in [0.1, 0.15) is 27.2 Å². The van der Waals surface area contributed by atoms with Gasteiger partial charge < -0.3 is 0 Å². The van der Waals surface area contributed by atoms with Crippen LogP contribution in [-0.2, 0) is 4.84 Å². The fourth-order valence-corrected chi connectivity index (χ4v) is 1.30. The molecule has 0 radical (unpaired) electrons. The molecule has 0 fully saturated rings. The van der Waals surface area contributed by atoms with Crippen LogP contribution in [0.5, 0.6) is 0 Å². The van der Waals surface area contributed by atoms with Crippen molar-refractivity contribution in [1.82, 2.24) is 0 Å². The molecule has 0 aliphatic carbocycles. The van der Waals surface area contributed by atoms with Crippen molar-refractivity contribution in [3.8, 4) is 0 Å². The third kappa shape index (κ3) is 18.5. The Morgan fingerprint density at radius 2 is 1.18 bits per heavy atom. The number of hydrogen-bond donors (Lipinski definition) is 0. The van der Waals surface area contributed by atoms with Gasteiger partial charge in [0, 0.05) is 0 Å². The summed E-state index contributed by atoms with van der Waals surface area (Å²) in [6.45, 7) is 9.80. The van der Waals surface area contributed by atoms with E-state index in [1.54, 1.807) is 7.11 Å². The van der Waals surface area contributed by atoms with Crippen molar-refractivity contribution in [3.05, 3.63) is 0 Å². The Balaban J connectivity index is 0. The van der Waals surface area contributed by atoms with E-state index in [0.29, 0.717) is 0 Å². The first-order valence-corrected chi connectivity index (χ1v) is 7.20. The molecule has 0 aromatic carbocycles. The van der Waals surface area contributed by atoms with E-state index >= 15 is 0 Å². The maximum absolute atomic E-state index is 10.7. The quantitative estimate of drug-likeness (QED) is 0.293. The Kier molecular flexibility index (Phi) is 5.99. The summed E-state index contributed by atoms with van der Waals surface area (Å²) in [5.74, 6) is 0. The Labute approximate surface area is 97.3 Å². The number of nitrogens with zero attached hydrogens (tertiary/aromatic N) is 1. The summed E-state index contributed by atoms with van der Waals surface area (Å²) in [5, 5.41) is 0. The summed E-state index contributed by atoms with van der Waals surface area (Å²) in [5.41, 5.74) is 0. The van der Waals surface area contributed by atoms with Gasteiger partial charge in [-0.3, -0.25) is 0 Å². The Hall–Kier alpha value is -0.0700. The van der Waals surface area contributed by atoms with Crippen LogP contribution in [0.4, 0.5) is 25.2 Å². The molecule has 0 bridgehead atoms. The summed E-state index contributed by atoms with van der Waals surface area (Å²) in [7, 11) is -8.86. The Morgan fingerprint density at radius 1 is 0.882 bits per heavy atom. The molecule has 0 spiro atoms. The van der Waals surface area contributed by atoms with Crippen molar-refractivity contribution in [2.45, 2.75) is 27.2 Å². The molecule has 0 aromatic rings. The zero-order valence-electron chi connectivity index (χ0n) is 10.4. The van der Waals surface area contributed by atoms with Crippen molar-refractivity contribution >= 4 is 7.81 Å². The van der Waals surface area contributed by atoms with Gasteiger partial charge >= 0.3 is 33.0 Å². The monoisotopic (exact) mass is 291 g/mol. The van der Waals surface area contributed by atoms with Gasteiger partial charge in [0.2, 0.25) is 0 Å². The minimum absolute atomic E-state index is 0.802. The number of hydrogen-bond acceptors (Lipinski definition) is 1. The zero-order chi connectivity index (χ0) is 14.4. The molecule has 0 unspecified atom stereocenters. The Morgan fingerprint density at radius 3 is 1.24 bits per heavy atom. The summed E-state index contributed by atoms with van der Waals surface area (Å²) in [6.07, 6.45) is 1.19. The molecule has 0 aliphatic heterocycles. The molecule has 17 heavy (non-hydrogen) atoms. The van der Waals surface area contributed by atoms with E-state index in [1.165, 1.54) is 6.42 Å². The van der Waals surface area contributed by atoms with Crippen LogP contribution in [0.2, 0.25) is 0 Å². The van der Waals surface area contributed by atoms with Crippen molar-refractivity contribution in [2.75, 3.05) is 26.7 Å². The fourth-order valence-electron chi connectivity index (χ4n) is 1.30. The molecule has 0 aliphatic rings. The van der Waals surface area contributed by atoms with Crippen molar-refractivity contribution in [3.63, 3.8) is 0 Å². The summed E-state index contributed by atoms with van der Waals surface area (Å²) < 4.78 is 60.0. The molecule has 0 saturated carbocycles. The average Bonchev–Trinajstić information content (AvgIpc) is 2.09. The van der Waals surface area contributed by atoms with Crippen LogP contribution < -0.4 is 0 Å². The predicted molar refractivity (Wildman–Crippen MR) is 57.1 cm³/mol. The van der Waals surface area contributed by atoms with E-state index in [4.69, 9.17) is 4.84 Å². The summed E-state index contributed by atoms with van der Waals surface area (Å²) in [6, 6.07) is 0. The summed E-state index contributed by atoms with van der Waals surface area (Å²) >= 11 is 0. The Bertz CT molecular complexity index is 202. The SMILES string of the molecule is CCC[N+](CC)(CC)OC.F[P-](F)(F)(F)(F)F. The summed E-state index contributed by atoms with van der Waals surface area (Å²) in [4.78, 5) is 5.41. The average molecular weight is 291 g/mol. The second-order valence-corrected chi connectivity index (χ2v) is 5.47. The van der Waals surface area contributed by atoms with Crippen LogP contribution in [0.3, 0.4) is 0 Å². The van der Waals surface area contributed by atoms with Gasteiger partial charge in [-0.25, -0.2) is 4.84 Å². The molecular weight excluding hydrogens is 271 g/mol. The van der Waals surface area contributed by atoms with E-state index in [-0.39, 0.29) is 0 Å². The second kappa shape index (κ2) is 5.28. The number of hydroxylamine groups is 3. The molecule has 2 nitrogen and oxygen atoms in total. The molecule has 110 valence electrons. The van der Waals surface area contributed by atoms with Crippen LogP contribution in [0.25, 0.3) is 0 Å². The van der Waals surface area contributed by atoms with Crippen molar-refractivity contribution in [2.24, 2.45) is 0 Å². The van der Waals surface area contributed by atoms with Crippen LogP contribution in [0, 0.1) is 0 Å². The van der Waals surface area contributed by atoms with E-state index in [1.807, 2.05) is 0 Å². The third-order valence-electron chi connectivity index (χ3n) is 2.17. The molecule has 0 heterocycles. The number of quaternary nitrogens is 1. The first-order chi connectivity index (χ1) is 7.19. The van der Waals surface area contributed by atoms with E-state index < -0.39 is 7.81 Å². The van der Waals surface area contributed by atoms with Gasteiger partial charge in [-0.2, -0.15) is 4.65 Å². The molecule has 0 aromatic heterocycles. The van der Waals surface area contributed by atoms with Crippen LogP contribution in [0.15, 0.2) is 0 Å². The standard InChI is InChI=1S/C8H20NO.F6P/c1-5-8-9(6-2,7-3)10-4;1-7(2,3,4,5)6/h5-8H2,1-4H3;/q+1;-1. The first kappa shape index (κ1) is 19.3. The normalized spacial score (nSPS) is 16.6. The topological polar surface area (TPSA) is 9.23 Å². The van der Waals surface area contributed by atoms with Crippen LogP contribution >= 0.6 is 7.81 Å². The van der Waals surface area contributed by atoms with Crippen molar-refractivity contribution < 1.29 is 34.7 Å². The minimum atomic E-state index is -10.7. The third-order valence-corrected chi connectivity index (χ3v) is 2.17. The van der Waals surface area contributed by atoms with Gasteiger partial charge in [-0.15, -0.1) is 0 Å².